The fraction of sp³-hybridized carbons (Fsp3) is 0.200. The molecule has 0 radical (unpaired) electrons. The molecule has 0 aromatic heterocycles. The van der Waals surface area contributed by atoms with Gasteiger partial charge in [-0.2, -0.15) is 0 Å². The zero-order chi connectivity index (χ0) is 14.6. The van der Waals surface area contributed by atoms with Gasteiger partial charge in [0.1, 0.15) is 0 Å². The van der Waals surface area contributed by atoms with Crippen LogP contribution in [-0.2, 0) is 9.84 Å². The molecule has 1 atom stereocenters. The lowest BCUT2D eigenvalue weighted by molar-refractivity contribution is 0.174. The molecule has 2 aromatic rings. The Morgan fingerprint density at radius 3 is 2.20 bits per heavy atom. The van der Waals surface area contributed by atoms with E-state index in [9.17, 15) is 13.5 Å². The summed E-state index contributed by atoms with van der Waals surface area (Å²) in [6.07, 6.45) is -0.580. The van der Waals surface area contributed by atoms with E-state index in [4.69, 9.17) is 0 Å². The van der Waals surface area contributed by atoms with Gasteiger partial charge in [0.15, 0.2) is 9.84 Å². The third-order valence-electron chi connectivity index (χ3n) is 3.02. The van der Waals surface area contributed by atoms with Gasteiger partial charge in [0.2, 0.25) is 0 Å². The van der Waals surface area contributed by atoms with Crippen LogP contribution in [0.5, 0.6) is 0 Å². The van der Waals surface area contributed by atoms with Crippen molar-refractivity contribution in [1.82, 2.24) is 0 Å². The number of hydrogen-bond donors (Lipinski definition) is 1. The van der Waals surface area contributed by atoms with Crippen molar-refractivity contribution >= 4 is 25.8 Å². The number of halogens is 1. The minimum Gasteiger partial charge on any atom is -0.388 e. The fourth-order valence-electron chi connectivity index (χ4n) is 1.87. The first-order valence-electron chi connectivity index (χ1n) is 6.20. The number of aliphatic hydroxyl groups excluding tert-OH is 1. The average Bonchev–Trinajstić information content (AvgIpc) is 2.46. The van der Waals surface area contributed by atoms with Crippen molar-refractivity contribution in [2.75, 3.05) is 5.75 Å². The van der Waals surface area contributed by atoms with Crippen LogP contribution in [0.2, 0.25) is 0 Å². The number of sulfone groups is 1. The fourth-order valence-corrected chi connectivity index (χ4v) is 3.45. The lowest BCUT2D eigenvalue weighted by Crippen LogP contribution is -2.10. The molecule has 2 rings (SSSR count). The van der Waals surface area contributed by atoms with Gasteiger partial charge in [0.25, 0.3) is 0 Å². The SMILES string of the molecule is O=S(=O)(CCC(O)c1ccccc1)c1ccc(Br)cc1. The van der Waals surface area contributed by atoms with E-state index in [0.29, 0.717) is 0 Å². The van der Waals surface area contributed by atoms with Crippen molar-refractivity contribution in [2.24, 2.45) is 0 Å². The molecule has 5 heteroatoms. The Morgan fingerprint density at radius 2 is 1.60 bits per heavy atom. The molecule has 1 unspecified atom stereocenters. The summed E-state index contributed by atoms with van der Waals surface area (Å²) in [5, 5.41) is 10.0. The highest BCUT2D eigenvalue weighted by molar-refractivity contribution is 9.10. The lowest BCUT2D eigenvalue weighted by Gasteiger charge is -2.11. The summed E-state index contributed by atoms with van der Waals surface area (Å²) >= 11 is 3.27. The van der Waals surface area contributed by atoms with Crippen molar-refractivity contribution in [3.63, 3.8) is 0 Å². The smallest absolute Gasteiger partial charge is 0.178 e. The quantitative estimate of drug-likeness (QED) is 0.895. The number of rotatable bonds is 5. The Hall–Kier alpha value is -1.17. The van der Waals surface area contributed by atoms with E-state index in [2.05, 4.69) is 15.9 Å². The Kier molecular flexibility index (Phi) is 4.96. The van der Waals surface area contributed by atoms with Crippen LogP contribution in [0.25, 0.3) is 0 Å². The molecule has 0 aliphatic carbocycles. The second kappa shape index (κ2) is 6.52. The van der Waals surface area contributed by atoms with E-state index >= 15 is 0 Å². The normalized spacial score (nSPS) is 13.1. The molecule has 0 spiro atoms. The summed E-state index contributed by atoms with van der Waals surface area (Å²) in [6.45, 7) is 0. The van der Waals surface area contributed by atoms with Gasteiger partial charge in [0, 0.05) is 4.47 Å². The summed E-state index contributed by atoms with van der Waals surface area (Å²) in [5.41, 5.74) is 0.735. The molecule has 0 heterocycles. The van der Waals surface area contributed by atoms with Crippen LogP contribution < -0.4 is 0 Å². The maximum atomic E-state index is 12.2. The Morgan fingerprint density at radius 1 is 1.00 bits per heavy atom. The third-order valence-corrected chi connectivity index (χ3v) is 5.31. The molecule has 0 saturated carbocycles. The first-order valence-corrected chi connectivity index (χ1v) is 8.65. The van der Waals surface area contributed by atoms with Crippen LogP contribution in [0.4, 0.5) is 0 Å². The predicted octanol–water partition coefficient (Wildman–Crippen LogP) is 3.35. The molecule has 106 valence electrons. The van der Waals surface area contributed by atoms with Crippen LogP contribution in [0.15, 0.2) is 64.0 Å². The lowest BCUT2D eigenvalue weighted by atomic mass is 10.1. The van der Waals surface area contributed by atoms with E-state index in [1.807, 2.05) is 18.2 Å². The van der Waals surface area contributed by atoms with Crippen molar-refractivity contribution in [3.05, 3.63) is 64.6 Å². The first kappa shape index (κ1) is 15.2. The molecule has 0 aliphatic heterocycles. The third kappa shape index (κ3) is 3.91. The molecular weight excluding hydrogens is 340 g/mol. The van der Waals surface area contributed by atoms with Gasteiger partial charge in [-0.15, -0.1) is 0 Å². The molecular formula is C15H15BrO3S. The van der Waals surface area contributed by atoms with Gasteiger partial charge in [-0.3, -0.25) is 0 Å². The molecule has 0 aliphatic rings. The van der Waals surface area contributed by atoms with Crippen LogP contribution in [-0.4, -0.2) is 19.3 Å². The zero-order valence-corrected chi connectivity index (χ0v) is 13.1. The maximum absolute atomic E-state index is 12.2. The van der Waals surface area contributed by atoms with E-state index in [1.165, 1.54) is 0 Å². The molecule has 2 aromatic carbocycles. The minimum absolute atomic E-state index is 0.0787. The van der Waals surface area contributed by atoms with E-state index in [1.54, 1.807) is 36.4 Å². The second-order valence-corrected chi connectivity index (χ2v) is 7.51. The molecule has 1 N–H and O–H groups in total. The van der Waals surface area contributed by atoms with Gasteiger partial charge in [0.05, 0.1) is 16.8 Å². The van der Waals surface area contributed by atoms with Crippen LogP contribution in [0.1, 0.15) is 18.1 Å². The van der Waals surface area contributed by atoms with Crippen molar-refractivity contribution < 1.29 is 13.5 Å². The van der Waals surface area contributed by atoms with E-state index in [0.717, 1.165) is 10.0 Å². The van der Waals surface area contributed by atoms with Gasteiger partial charge in [-0.25, -0.2) is 8.42 Å². The Bertz CT molecular complexity index is 651. The number of hydrogen-bond acceptors (Lipinski definition) is 3. The molecule has 0 bridgehead atoms. The van der Waals surface area contributed by atoms with Crippen LogP contribution in [0.3, 0.4) is 0 Å². The summed E-state index contributed by atoms with van der Waals surface area (Å²) in [5.74, 6) is -0.0787. The Labute approximate surface area is 127 Å². The average molecular weight is 355 g/mol. The molecule has 0 fully saturated rings. The van der Waals surface area contributed by atoms with Gasteiger partial charge < -0.3 is 5.11 Å². The highest BCUT2D eigenvalue weighted by atomic mass is 79.9. The predicted molar refractivity (Wildman–Crippen MR) is 82.2 cm³/mol. The maximum Gasteiger partial charge on any atom is 0.178 e. The summed E-state index contributed by atoms with van der Waals surface area (Å²) < 4.78 is 25.1. The molecule has 0 amide bonds. The summed E-state index contributed by atoms with van der Waals surface area (Å²) in [6, 6.07) is 15.6. The van der Waals surface area contributed by atoms with Crippen molar-refractivity contribution in [3.8, 4) is 0 Å². The topological polar surface area (TPSA) is 54.4 Å². The largest absolute Gasteiger partial charge is 0.388 e. The van der Waals surface area contributed by atoms with Gasteiger partial charge in [-0.05, 0) is 36.2 Å². The molecule has 3 nitrogen and oxygen atoms in total. The highest BCUT2D eigenvalue weighted by Gasteiger charge is 2.17. The van der Waals surface area contributed by atoms with Crippen LogP contribution in [0, 0.1) is 0 Å². The number of benzene rings is 2. The minimum atomic E-state index is -3.36. The van der Waals surface area contributed by atoms with Crippen molar-refractivity contribution in [1.29, 1.82) is 0 Å². The van der Waals surface area contributed by atoms with Gasteiger partial charge in [-0.1, -0.05) is 46.3 Å². The standard InChI is InChI=1S/C15H15BrO3S/c16-13-6-8-14(9-7-13)20(18,19)11-10-15(17)12-4-2-1-3-5-12/h1-9,15,17H,10-11H2. The number of aliphatic hydroxyl groups is 1. The first-order chi connectivity index (χ1) is 9.49. The van der Waals surface area contributed by atoms with Crippen LogP contribution >= 0.6 is 15.9 Å². The van der Waals surface area contributed by atoms with Crippen molar-refractivity contribution in [2.45, 2.75) is 17.4 Å². The second-order valence-electron chi connectivity index (χ2n) is 4.49. The van der Waals surface area contributed by atoms with E-state index < -0.39 is 15.9 Å². The molecule has 20 heavy (non-hydrogen) atoms. The summed E-state index contributed by atoms with van der Waals surface area (Å²) in [7, 11) is -3.36. The Balaban J connectivity index is 2.04. The molecule has 0 saturated heterocycles. The van der Waals surface area contributed by atoms with Gasteiger partial charge >= 0.3 is 0 Å². The summed E-state index contributed by atoms with van der Waals surface area (Å²) in [4.78, 5) is 0.279. The highest BCUT2D eigenvalue weighted by Crippen LogP contribution is 2.21. The monoisotopic (exact) mass is 354 g/mol. The van der Waals surface area contributed by atoms with E-state index in [-0.39, 0.29) is 17.1 Å². The zero-order valence-electron chi connectivity index (χ0n) is 10.7.